The summed E-state index contributed by atoms with van der Waals surface area (Å²) in [6, 6.07) is 2.77. The van der Waals surface area contributed by atoms with Crippen LogP contribution in [0.5, 0.6) is 0 Å². The number of nitrogens with zero attached hydrogens (tertiary/aromatic N) is 1. The van der Waals surface area contributed by atoms with Gasteiger partial charge in [0.2, 0.25) is 0 Å². The lowest BCUT2D eigenvalue weighted by Crippen LogP contribution is -2.32. The Hall–Kier alpha value is -0.890. The molecule has 1 rings (SSSR count). The van der Waals surface area contributed by atoms with E-state index in [9.17, 15) is 0 Å². The minimum atomic E-state index is 0.579. The summed E-state index contributed by atoms with van der Waals surface area (Å²) in [5.41, 5.74) is 2.51. The molecule has 2 nitrogen and oxygen atoms in total. The Morgan fingerprint density at radius 3 is 2.50 bits per heavy atom. The van der Waals surface area contributed by atoms with E-state index in [2.05, 4.69) is 44.1 Å². The molecule has 0 aliphatic heterocycles. The predicted octanol–water partition coefficient (Wildman–Crippen LogP) is 3.30. The molecule has 0 saturated heterocycles. The summed E-state index contributed by atoms with van der Waals surface area (Å²) in [5, 5.41) is 3.59. The average Bonchev–Trinajstić information content (AvgIpc) is 2.28. The van der Waals surface area contributed by atoms with Crippen LogP contribution in [0.15, 0.2) is 18.5 Å². The van der Waals surface area contributed by atoms with Crippen LogP contribution in [-0.4, -0.2) is 11.0 Å². The molecule has 1 aromatic heterocycles. The van der Waals surface area contributed by atoms with Crippen LogP contribution in [0, 0.1) is 12.8 Å². The standard InChI is InChI=1S/C14H24N2/c1-5-14(6-2)12(4)16-10-13-7-11(3)8-15-9-13/h7-9,12,14,16H,5-6,10H2,1-4H3. The number of aromatic nitrogens is 1. The van der Waals surface area contributed by atoms with Crippen LogP contribution in [-0.2, 0) is 6.54 Å². The van der Waals surface area contributed by atoms with Crippen LogP contribution in [0.2, 0.25) is 0 Å². The van der Waals surface area contributed by atoms with Crippen LogP contribution >= 0.6 is 0 Å². The van der Waals surface area contributed by atoms with Gasteiger partial charge in [-0.15, -0.1) is 0 Å². The normalized spacial score (nSPS) is 13.1. The Morgan fingerprint density at radius 1 is 1.25 bits per heavy atom. The molecule has 0 fully saturated rings. The second-order valence-corrected chi connectivity index (χ2v) is 4.62. The first kappa shape index (κ1) is 13.2. The molecule has 0 aromatic carbocycles. The maximum absolute atomic E-state index is 4.21. The van der Waals surface area contributed by atoms with E-state index in [1.165, 1.54) is 24.0 Å². The van der Waals surface area contributed by atoms with Crippen molar-refractivity contribution in [1.82, 2.24) is 10.3 Å². The fraction of sp³-hybridized carbons (Fsp3) is 0.643. The van der Waals surface area contributed by atoms with Gasteiger partial charge in [0.05, 0.1) is 0 Å². The zero-order valence-corrected chi connectivity index (χ0v) is 11.0. The monoisotopic (exact) mass is 220 g/mol. The van der Waals surface area contributed by atoms with Gasteiger partial charge in [0.25, 0.3) is 0 Å². The minimum Gasteiger partial charge on any atom is -0.310 e. The van der Waals surface area contributed by atoms with Crippen molar-refractivity contribution in [2.75, 3.05) is 0 Å². The van der Waals surface area contributed by atoms with Gasteiger partial charge in [-0.2, -0.15) is 0 Å². The average molecular weight is 220 g/mol. The Labute approximate surface area is 99.5 Å². The van der Waals surface area contributed by atoms with Crippen molar-refractivity contribution in [2.24, 2.45) is 5.92 Å². The highest BCUT2D eigenvalue weighted by atomic mass is 14.9. The van der Waals surface area contributed by atoms with Gasteiger partial charge in [-0.3, -0.25) is 4.98 Å². The molecular weight excluding hydrogens is 196 g/mol. The first-order valence-corrected chi connectivity index (χ1v) is 6.31. The van der Waals surface area contributed by atoms with Gasteiger partial charge >= 0.3 is 0 Å². The molecule has 0 amide bonds. The van der Waals surface area contributed by atoms with Crippen LogP contribution in [0.1, 0.15) is 44.7 Å². The second kappa shape index (κ2) is 6.64. The number of hydrogen-bond acceptors (Lipinski definition) is 2. The van der Waals surface area contributed by atoms with E-state index in [1.807, 2.05) is 12.4 Å². The third-order valence-electron chi connectivity index (χ3n) is 3.32. The van der Waals surface area contributed by atoms with E-state index in [0.717, 1.165) is 12.5 Å². The largest absolute Gasteiger partial charge is 0.310 e. The summed E-state index contributed by atoms with van der Waals surface area (Å²) in [6.07, 6.45) is 6.33. The van der Waals surface area contributed by atoms with E-state index in [-0.39, 0.29) is 0 Å². The topological polar surface area (TPSA) is 24.9 Å². The highest BCUT2D eigenvalue weighted by molar-refractivity contribution is 5.16. The lowest BCUT2D eigenvalue weighted by atomic mass is 9.95. The van der Waals surface area contributed by atoms with Crippen molar-refractivity contribution in [2.45, 2.75) is 53.1 Å². The predicted molar refractivity (Wildman–Crippen MR) is 69.3 cm³/mol. The Kier molecular flexibility index (Phi) is 5.47. The van der Waals surface area contributed by atoms with Gasteiger partial charge in [0.1, 0.15) is 0 Å². The van der Waals surface area contributed by atoms with E-state index in [0.29, 0.717) is 6.04 Å². The summed E-state index contributed by atoms with van der Waals surface area (Å²) in [6.45, 7) is 9.81. The Bertz CT molecular complexity index is 305. The molecule has 1 atom stereocenters. The van der Waals surface area contributed by atoms with Gasteiger partial charge in [-0.25, -0.2) is 0 Å². The van der Waals surface area contributed by atoms with Crippen molar-refractivity contribution >= 4 is 0 Å². The van der Waals surface area contributed by atoms with E-state index in [4.69, 9.17) is 0 Å². The van der Waals surface area contributed by atoms with Gasteiger partial charge in [-0.05, 0) is 30.9 Å². The smallest absolute Gasteiger partial charge is 0.0313 e. The molecule has 90 valence electrons. The molecule has 2 heteroatoms. The quantitative estimate of drug-likeness (QED) is 0.795. The summed E-state index contributed by atoms with van der Waals surface area (Å²) < 4.78 is 0. The zero-order valence-electron chi connectivity index (χ0n) is 11.0. The maximum Gasteiger partial charge on any atom is 0.0313 e. The zero-order chi connectivity index (χ0) is 12.0. The Morgan fingerprint density at radius 2 is 1.94 bits per heavy atom. The highest BCUT2D eigenvalue weighted by Gasteiger charge is 2.12. The van der Waals surface area contributed by atoms with Crippen LogP contribution in [0.4, 0.5) is 0 Å². The molecular formula is C14H24N2. The van der Waals surface area contributed by atoms with Gasteiger partial charge in [0.15, 0.2) is 0 Å². The van der Waals surface area contributed by atoms with Crippen molar-refractivity contribution in [1.29, 1.82) is 0 Å². The molecule has 0 aliphatic rings. The number of pyridine rings is 1. The molecule has 0 bridgehead atoms. The summed E-state index contributed by atoms with van der Waals surface area (Å²) in [4.78, 5) is 4.21. The third kappa shape index (κ3) is 3.93. The van der Waals surface area contributed by atoms with Gasteiger partial charge in [-0.1, -0.05) is 32.8 Å². The van der Waals surface area contributed by atoms with Crippen molar-refractivity contribution < 1.29 is 0 Å². The maximum atomic E-state index is 4.21. The molecule has 0 aliphatic carbocycles. The van der Waals surface area contributed by atoms with Crippen molar-refractivity contribution in [3.8, 4) is 0 Å². The molecule has 0 saturated carbocycles. The number of hydrogen-bond donors (Lipinski definition) is 1. The molecule has 1 N–H and O–H groups in total. The summed E-state index contributed by atoms with van der Waals surface area (Å²) >= 11 is 0. The van der Waals surface area contributed by atoms with Gasteiger partial charge in [0, 0.05) is 25.0 Å². The fourth-order valence-corrected chi connectivity index (χ4v) is 2.16. The van der Waals surface area contributed by atoms with Crippen LogP contribution in [0.3, 0.4) is 0 Å². The summed E-state index contributed by atoms with van der Waals surface area (Å²) in [7, 11) is 0. The SMILES string of the molecule is CCC(CC)C(C)NCc1cncc(C)c1. The van der Waals surface area contributed by atoms with E-state index >= 15 is 0 Å². The highest BCUT2D eigenvalue weighted by Crippen LogP contribution is 2.13. The van der Waals surface area contributed by atoms with Crippen molar-refractivity contribution in [3.05, 3.63) is 29.6 Å². The lowest BCUT2D eigenvalue weighted by Gasteiger charge is -2.22. The number of nitrogens with one attached hydrogen (secondary N) is 1. The molecule has 1 aromatic rings. The fourth-order valence-electron chi connectivity index (χ4n) is 2.16. The molecule has 0 radical (unpaired) electrons. The van der Waals surface area contributed by atoms with Crippen molar-refractivity contribution in [3.63, 3.8) is 0 Å². The molecule has 0 spiro atoms. The molecule has 1 heterocycles. The lowest BCUT2D eigenvalue weighted by molar-refractivity contribution is 0.353. The second-order valence-electron chi connectivity index (χ2n) is 4.62. The van der Waals surface area contributed by atoms with Crippen LogP contribution in [0.25, 0.3) is 0 Å². The number of aryl methyl sites for hydroxylation is 1. The van der Waals surface area contributed by atoms with Gasteiger partial charge < -0.3 is 5.32 Å². The third-order valence-corrected chi connectivity index (χ3v) is 3.32. The Balaban J connectivity index is 2.45. The first-order valence-electron chi connectivity index (χ1n) is 6.31. The van der Waals surface area contributed by atoms with E-state index < -0.39 is 0 Å². The first-order chi connectivity index (χ1) is 7.67. The molecule has 16 heavy (non-hydrogen) atoms. The van der Waals surface area contributed by atoms with E-state index in [1.54, 1.807) is 0 Å². The minimum absolute atomic E-state index is 0.579. The molecule has 1 unspecified atom stereocenters. The summed E-state index contributed by atoms with van der Waals surface area (Å²) in [5.74, 6) is 0.776. The number of rotatable bonds is 6. The van der Waals surface area contributed by atoms with Crippen LogP contribution < -0.4 is 5.32 Å².